The predicted molar refractivity (Wildman–Crippen MR) is 107 cm³/mol. The van der Waals surface area contributed by atoms with Crippen LogP contribution in [0.2, 0.25) is 0 Å². The molecule has 1 unspecified atom stereocenters. The van der Waals surface area contributed by atoms with E-state index in [9.17, 15) is 0 Å². The Labute approximate surface area is 164 Å². The molecule has 0 spiro atoms. The molecule has 1 saturated heterocycles. The van der Waals surface area contributed by atoms with Crippen LogP contribution < -0.4 is 14.4 Å². The second-order valence-electron chi connectivity index (χ2n) is 6.74. The molecule has 3 aromatic rings. The molecule has 6 heteroatoms. The average molecular weight is 380 g/mol. The molecule has 1 aromatic heterocycles. The number of benzene rings is 2. The van der Waals surface area contributed by atoms with Crippen LogP contribution in [-0.2, 0) is 11.2 Å². The summed E-state index contributed by atoms with van der Waals surface area (Å²) >= 11 is 0. The number of anilines is 1. The number of aromatic nitrogens is 1. The summed E-state index contributed by atoms with van der Waals surface area (Å²) in [5.74, 6) is 2.18. The van der Waals surface area contributed by atoms with Gasteiger partial charge in [-0.2, -0.15) is 0 Å². The SMILES string of the molecule is COc1cc(OC)cc(-c2ncoc2N2CCOC(Cc3ccccc3)C2)c1. The minimum Gasteiger partial charge on any atom is -0.497 e. The number of morpholine rings is 1. The predicted octanol–water partition coefficient (Wildman–Crippen LogP) is 3.81. The number of hydrogen-bond acceptors (Lipinski definition) is 6. The zero-order valence-corrected chi connectivity index (χ0v) is 16.1. The first-order chi connectivity index (χ1) is 13.8. The highest BCUT2D eigenvalue weighted by atomic mass is 16.5. The largest absolute Gasteiger partial charge is 0.497 e. The van der Waals surface area contributed by atoms with E-state index in [1.165, 1.54) is 12.0 Å². The Morgan fingerprint density at radius 3 is 2.54 bits per heavy atom. The van der Waals surface area contributed by atoms with E-state index in [0.717, 1.165) is 36.7 Å². The molecule has 2 heterocycles. The van der Waals surface area contributed by atoms with E-state index in [1.54, 1.807) is 14.2 Å². The third-order valence-electron chi connectivity index (χ3n) is 4.91. The first kappa shape index (κ1) is 18.4. The van der Waals surface area contributed by atoms with Crippen molar-refractivity contribution < 1.29 is 18.6 Å². The minimum absolute atomic E-state index is 0.106. The maximum atomic E-state index is 5.99. The zero-order valence-electron chi connectivity index (χ0n) is 16.1. The maximum absolute atomic E-state index is 5.99. The van der Waals surface area contributed by atoms with Gasteiger partial charge in [-0.25, -0.2) is 4.98 Å². The fourth-order valence-electron chi connectivity index (χ4n) is 3.51. The quantitative estimate of drug-likeness (QED) is 0.648. The molecule has 0 amide bonds. The first-order valence-electron chi connectivity index (χ1n) is 9.34. The van der Waals surface area contributed by atoms with Crippen molar-refractivity contribution in [3.05, 3.63) is 60.5 Å². The van der Waals surface area contributed by atoms with Gasteiger partial charge in [0.1, 0.15) is 17.2 Å². The highest BCUT2D eigenvalue weighted by molar-refractivity contribution is 5.73. The average Bonchev–Trinajstić information content (AvgIpc) is 3.24. The summed E-state index contributed by atoms with van der Waals surface area (Å²) in [6, 6.07) is 16.1. The van der Waals surface area contributed by atoms with Crippen molar-refractivity contribution >= 4 is 5.88 Å². The zero-order chi connectivity index (χ0) is 19.3. The van der Waals surface area contributed by atoms with Crippen molar-refractivity contribution in [2.45, 2.75) is 12.5 Å². The number of oxazole rings is 1. The van der Waals surface area contributed by atoms with Crippen molar-refractivity contribution in [2.24, 2.45) is 0 Å². The number of hydrogen-bond donors (Lipinski definition) is 0. The second-order valence-corrected chi connectivity index (χ2v) is 6.74. The van der Waals surface area contributed by atoms with Gasteiger partial charge in [0.2, 0.25) is 5.88 Å². The van der Waals surface area contributed by atoms with Gasteiger partial charge in [0.25, 0.3) is 0 Å². The van der Waals surface area contributed by atoms with Crippen molar-refractivity contribution in [3.63, 3.8) is 0 Å². The smallest absolute Gasteiger partial charge is 0.224 e. The standard InChI is InChI=1S/C22H24N2O4/c1-25-18-11-17(12-19(13-18)26-2)21-22(28-15-23-21)24-8-9-27-20(14-24)10-16-6-4-3-5-7-16/h3-7,11-13,15,20H,8-10,14H2,1-2H3. The van der Waals surface area contributed by atoms with Crippen LogP contribution in [-0.4, -0.2) is 45.0 Å². The minimum atomic E-state index is 0.106. The lowest BCUT2D eigenvalue weighted by Gasteiger charge is -2.33. The maximum Gasteiger partial charge on any atom is 0.224 e. The summed E-state index contributed by atoms with van der Waals surface area (Å²) in [5, 5.41) is 0. The van der Waals surface area contributed by atoms with Gasteiger partial charge in [0.05, 0.1) is 26.9 Å². The summed E-state index contributed by atoms with van der Waals surface area (Å²) in [6.07, 6.45) is 2.46. The molecule has 1 atom stereocenters. The first-order valence-corrected chi connectivity index (χ1v) is 9.34. The number of rotatable bonds is 6. The Kier molecular flexibility index (Phi) is 5.48. The lowest BCUT2D eigenvalue weighted by Crippen LogP contribution is -2.43. The van der Waals surface area contributed by atoms with E-state index in [1.807, 2.05) is 24.3 Å². The van der Waals surface area contributed by atoms with E-state index >= 15 is 0 Å². The second kappa shape index (κ2) is 8.35. The monoisotopic (exact) mass is 380 g/mol. The number of methoxy groups -OCH3 is 2. The van der Waals surface area contributed by atoms with Gasteiger partial charge in [-0.05, 0) is 17.7 Å². The van der Waals surface area contributed by atoms with Gasteiger partial charge in [0, 0.05) is 31.1 Å². The fraction of sp³-hybridized carbons (Fsp3) is 0.318. The van der Waals surface area contributed by atoms with Crippen LogP contribution >= 0.6 is 0 Å². The molecule has 6 nitrogen and oxygen atoms in total. The summed E-state index contributed by atoms with van der Waals surface area (Å²) in [4.78, 5) is 6.66. The van der Waals surface area contributed by atoms with Crippen molar-refractivity contribution in [1.82, 2.24) is 4.98 Å². The van der Waals surface area contributed by atoms with E-state index < -0.39 is 0 Å². The van der Waals surface area contributed by atoms with Crippen LogP contribution in [0.5, 0.6) is 11.5 Å². The Hall–Kier alpha value is -2.99. The normalized spacial score (nSPS) is 16.8. The van der Waals surface area contributed by atoms with Crippen LogP contribution in [0.1, 0.15) is 5.56 Å². The van der Waals surface area contributed by atoms with Crippen LogP contribution in [0.3, 0.4) is 0 Å². The Bertz CT molecular complexity index is 888. The Balaban J connectivity index is 1.57. The van der Waals surface area contributed by atoms with E-state index in [4.69, 9.17) is 18.6 Å². The van der Waals surface area contributed by atoms with Crippen molar-refractivity contribution in [1.29, 1.82) is 0 Å². The lowest BCUT2D eigenvalue weighted by atomic mass is 10.1. The van der Waals surface area contributed by atoms with E-state index in [-0.39, 0.29) is 6.10 Å². The van der Waals surface area contributed by atoms with Gasteiger partial charge in [-0.1, -0.05) is 30.3 Å². The molecule has 146 valence electrons. The van der Waals surface area contributed by atoms with Gasteiger partial charge < -0.3 is 23.5 Å². The number of nitrogens with zero attached hydrogens (tertiary/aromatic N) is 2. The molecule has 0 N–H and O–H groups in total. The van der Waals surface area contributed by atoms with Gasteiger partial charge in [0.15, 0.2) is 6.39 Å². The molecule has 1 fully saturated rings. The van der Waals surface area contributed by atoms with Gasteiger partial charge in [-0.3, -0.25) is 0 Å². The molecule has 2 aromatic carbocycles. The molecule has 0 bridgehead atoms. The molecule has 28 heavy (non-hydrogen) atoms. The molecule has 1 aliphatic heterocycles. The summed E-state index contributed by atoms with van der Waals surface area (Å²) in [6.45, 7) is 2.16. The third-order valence-corrected chi connectivity index (χ3v) is 4.91. The Morgan fingerprint density at radius 2 is 1.82 bits per heavy atom. The summed E-state index contributed by atoms with van der Waals surface area (Å²) in [5.41, 5.74) is 2.94. The molecular weight excluding hydrogens is 356 g/mol. The van der Waals surface area contributed by atoms with Gasteiger partial charge >= 0.3 is 0 Å². The molecule has 0 saturated carbocycles. The molecule has 0 aliphatic carbocycles. The highest BCUT2D eigenvalue weighted by Crippen LogP contribution is 2.35. The highest BCUT2D eigenvalue weighted by Gasteiger charge is 2.26. The van der Waals surface area contributed by atoms with E-state index in [2.05, 4.69) is 34.1 Å². The Morgan fingerprint density at radius 1 is 1.07 bits per heavy atom. The van der Waals surface area contributed by atoms with Crippen LogP contribution in [0.15, 0.2) is 59.3 Å². The summed E-state index contributed by atoms with van der Waals surface area (Å²) in [7, 11) is 3.27. The molecule has 1 aliphatic rings. The number of ether oxygens (including phenoxy) is 3. The topological polar surface area (TPSA) is 57.0 Å². The van der Waals surface area contributed by atoms with Gasteiger partial charge in [-0.15, -0.1) is 0 Å². The molecule has 0 radical (unpaired) electrons. The van der Waals surface area contributed by atoms with Crippen LogP contribution in [0.4, 0.5) is 5.88 Å². The van der Waals surface area contributed by atoms with Crippen LogP contribution in [0, 0.1) is 0 Å². The van der Waals surface area contributed by atoms with E-state index in [0.29, 0.717) is 18.1 Å². The lowest BCUT2D eigenvalue weighted by molar-refractivity contribution is 0.0397. The summed E-state index contributed by atoms with van der Waals surface area (Å²) < 4.78 is 22.6. The van der Waals surface area contributed by atoms with Crippen LogP contribution in [0.25, 0.3) is 11.3 Å². The fourth-order valence-corrected chi connectivity index (χ4v) is 3.51. The van der Waals surface area contributed by atoms with Crippen molar-refractivity contribution in [2.75, 3.05) is 38.8 Å². The third kappa shape index (κ3) is 3.97. The van der Waals surface area contributed by atoms with Crippen molar-refractivity contribution in [3.8, 4) is 22.8 Å². The molecule has 4 rings (SSSR count). The molecular formula is C22H24N2O4.